The van der Waals surface area contributed by atoms with Crippen molar-refractivity contribution in [2.24, 2.45) is 15.2 Å². The predicted octanol–water partition coefficient (Wildman–Crippen LogP) is 1.81. The fourth-order valence-electron chi connectivity index (χ4n) is 2.40. The molecule has 0 bridgehead atoms. The molecule has 0 aliphatic carbocycles. The van der Waals surface area contributed by atoms with Gasteiger partial charge in [-0.3, -0.25) is 4.98 Å². The average molecular weight is 330 g/mol. The molecule has 1 aliphatic heterocycles. The molecule has 2 aromatic rings. The van der Waals surface area contributed by atoms with E-state index in [1.807, 2.05) is 0 Å². The van der Waals surface area contributed by atoms with Crippen molar-refractivity contribution in [1.82, 2.24) is 4.98 Å². The topological polar surface area (TPSA) is 104 Å². The van der Waals surface area contributed by atoms with Crippen LogP contribution in [0, 0.1) is 0 Å². The van der Waals surface area contributed by atoms with E-state index in [0.717, 1.165) is 11.8 Å². The minimum atomic E-state index is -3.46. The average Bonchev–Trinajstić information content (AvgIpc) is 3.07. The summed E-state index contributed by atoms with van der Waals surface area (Å²) in [5, 5.41) is 17.0. The molecule has 0 radical (unpaired) electrons. The van der Waals surface area contributed by atoms with Crippen LogP contribution in [0.1, 0.15) is 11.3 Å². The maximum Gasteiger partial charge on any atom is 0.180 e. The molecule has 1 N–H and O–H groups in total. The lowest BCUT2D eigenvalue weighted by molar-refractivity contribution is 0.277. The summed E-state index contributed by atoms with van der Waals surface area (Å²) in [5.41, 5.74) is 2.30. The van der Waals surface area contributed by atoms with Gasteiger partial charge < -0.3 is 5.11 Å². The van der Waals surface area contributed by atoms with Crippen LogP contribution >= 0.6 is 0 Å². The van der Waals surface area contributed by atoms with E-state index in [4.69, 9.17) is 0 Å². The number of amidine groups is 1. The second kappa shape index (κ2) is 5.98. The van der Waals surface area contributed by atoms with Crippen molar-refractivity contribution >= 4 is 15.7 Å². The molecular formula is C15H14N4O3S. The van der Waals surface area contributed by atoms with E-state index in [1.54, 1.807) is 30.5 Å². The fourth-order valence-corrected chi connectivity index (χ4v) is 3.30. The number of hydrogen-bond donors (Lipinski definition) is 1. The molecule has 1 aromatic heterocycles. The van der Waals surface area contributed by atoms with Crippen LogP contribution in [0.2, 0.25) is 0 Å². The zero-order valence-electron chi connectivity index (χ0n) is 12.3. The van der Waals surface area contributed by atoms with E-state index < -0.39 is 9.84 Å². The summed E-state index contributed by atoms with van der Waals surface area (Å²) in [5.74, 6) is 0.295. The fraction of sp³-hybridized carbons (Fsp3) is 0.200. The van der Waals surface area contributed by atoms with Crippen molar-refractivity contribution in [3.05, 3.63) is 47.8 Å². The van der Waals surface area contributed by atoms with E-state index >= 15 is 0 Å². The van der Waals surface area contributed by atoms with Crippen LogP contribution in [0.15, 0.2) is 56.6 Å². The van der Waals surface area contributed by atoms with Gasteiger partial charge in [0, 0.05) is 18.0 Å². The first-order chi connectivity index (χ1) is 11.0. The van der Waals surface area contributed by atoms with Gasteiger partial charge in [0.25, 0.3) is 0 Å². The number of sulfone groups is 1. The third-order valence-electron chi connectivity index (χ3n) is 3.39. The molecule has 0 unspecified atom stereocenters. The maximum atomic E-state index is 12.1. The van der Waals surface area contributed by atoms with Crippen LogP contribution in [-0.2, 0) is 16.4 Å². The second-order valence-corrected chi connectivity index (χ2v) is 6.99. The molecule has 3 rings (SSSR count). The first-order valence-corrected chi connectivity index (χ1v) is 8.71. The SMILES string of the molecule is CS(=O)(=O)c1cccc(-c2ccnc(CO)c2)c1C1=NCN=N1. The van der Waals surface area contributed by atoms with Crippen LogP contribution in [-0.4, -0.2) is 37.3 Å². The van der Waals surface area contributed by atoms with Crippen molar-refractivity contribution in [2.75, 3.05) is 12.9 Å². The number of pyridine rings is 1. The minimum absolute atomic E-state index is 0.150. The van der Waals surface area contributed by atoms with Crippen molar-refractivity contribution in [3.63, 3.8) is 0 Å². The van der Waals surface area contributed by atoms with Crippen LogP contribution in [0.25, 0.3) is 11.1 Å². The van der Waals surface area contributed by atoms with Crippen LogP contribution in [0.5, 0.6) is 0 Å². The number of aliphatic hydroxyl groups is 1. The number of aromatic nitrogens is 1. The van der Waals surface area contributed by atoms with Gasteiger partial charge in [-0.05, 0) is 29.3 Å². The van der Waals surface area contributed by atoms with E-state index in [1.165, 1.54) is 6.07 Å². The van der Waals surface area contributed by atoms with E-state index in [2.05, 4.69) is 20.2 Å². The Morgan fingerprint density at radius 1 is 1.26 bits per heavy atom. The first kappa shape index (κ1) is 15.4. The Morgan fingerprint density at radius 2 is 2.09 bits per heavy atom. The van der Waals surface area contributed by atoms with Crippen molar-refractivity contribution in [3.8, 4) is 11.1 Å². The number of nitrogens with zero attached hydrogens (tertiary/aromatic N) is 4. The molecule has 1 aromatic carbocycles. The normalized spacial score (nSPS) is 14.1. The van der Waals surface area contributed by atoms with Crippen molar-refractivity contribution < 1.29 is 13.5 Å². The largest absolute Gasteiger partial charge is 0.390 e. The maximum absolute atomic E-state index is 12.1. The molecule has 0 fully saturated rings. The summed E-state index contributed by atoms with van der Waals surface area (Å²) in [6.07, 6.45) is 2.71. The summed E-state index contributed by atoms with van der Waals surface area (Å²) in [6, 6.07) is 8.44. The molecule has 1 aliphatic rings. The number of azo groups is 1. The van der Waals surface area contributed by atoms with Gasteiger partial charge in [0.1, 0.15) is 0 Å². The zero-order valence-corrected chi connectivity index (χ0v) is 13.2. The third kappa shape index (κ3) is 3.03. The highest BCUT2D eigenvalue weighted by Gasteiger charge is 2.23. The summed E-state index contributed by atoms with van der Waals surface area (Å²) in [6.45, 7) is -0.0132. The molecule has 8 heteroatoms. The number of aliphatic hydroxyl groups excluding tert-OH is 1. The van der Waals surface area contributed by atoms with Crippen LogP contribution < -0.4 is 0 Å². The summed E-state index contributed by atoms with van der Waals surface area (Å²) in [4.78, 5) is 8.35. The van der Waals surface area contributed by atoms with Gasteiger partial charge in [-0.25, -0.2) is 13.4 Å². The Labute approximate surface area is 133 Å². The Balaban J connectivity index is 2.30. The molecule has 23 heavy (non-hydrogen) atoms. The van der Waals surface area contributed by atoms with Gasteiger partial charge in [0.2, 0.25) is 0 Å². The van der Waals surface area contributed by atoms with Crippen LogP contribution in [0.4, 0.5) is 0 Å². The smallest absolute Gasteiger partial charge is 0.180 e. The number of benzene rings is 1. The third-order valence-corrected chi connectivity index (χ3v) is 4.53. The number of aliphatic imine (C=N–C) groups is 1. The molecule has 0 atom stereocenters. The van der Waals surface area contributed by atoms with Crippen molar-refractivity contribution in [1.29, 1.82) is 0 Å². The van der Waals surface area contributed by atoms with E-state index in [9.17, 15) is 13.5 Å². The Bertz CT molecular complexity index is 920. The first-order valence-electron chi connectivity index (χ1n) is 6.82. The monoisotopic (exact) mass is 330 g/mol. The lowest BCUT2D eigenvalue weighted by Gasteiger charge is -2.12. The Morgan fingerprint density at radius 3 is 2.74 bits per heavy atom. The molecule has 0 saturated carbocycles. The lowest BCUT2D eigenvalue weighted by Crippen LogP contribution is -2.08. The molecule has 0 saturated heterocycles. The van der Waals surface area contributed by atoms with Gasteiger partial charge in [0.15, 0.2) is 22.3 Å². The Kier molecular flexibility index (Phi) is 4.01. The molecule has 0 spiro atoms. The highest BCUT2D eigenvalue weighted by atomic mass is 32.2. The van der Waals surface area contributed by atoms with Gasteiger partial charge in [-0.2, -0.15) is 5.11 Å². The molecule has 0 amide bonds. The number of hydrogen-bond acceptors (Lipinski definition) is 7. The second-order valence-electron chi connectivity index (χ2n) is 5.01. The highest BCUT2D eigenvalue weighted by molar-refractivity contribution is 7.90. The van der Waals surface area contributed by atoms with Crippen LogP contribution in [0.3, 0.4) is 0 Å². The molecule has 2 heterocycles. The van der Waals surface area contributed by atoms with E-state index in [0.29, 0.717) is 22.7 Å². The molecule has 7 nitrogen and oxygen atoms in total. The number of rotatable bonds is 4. The van der Waals surface area contributed by atoms with Crippen molar-refractivity contribution in [2.45, 2.75) is 11.5 Å². The van der Waals surface area contributed by atoms with Gasteiger partial charge >= 0.3 is 0 Å². The summed E-state index contributed by atoms with van der Waals surface area (Å²) >= 11 is 0. The molecular weight excluding hydrogens is 316 g/mol. The van der Waals surface area contributed by atoms with Gasteiger partial charge in [0.05, 0.1) is 17.2 Å². The van der Waals surface area contributed by atoms with Gasteiger partial charge in [-0.1, -0.05) is 12.1 Å². The summed E-state index contributed by atoms with van der Waals surface area (Å²) in [7, 11) is -3.46. The van der Waals surface area contributed by atoms with E-state index in [-0.39, 0.29) is 18.2 Å². The quantitative estimate of drug-likeness (QED) is 0.923. The lowest BCUT2D eigenvalue weighted by atomic mass is 9.99. The zero-order chi connectivity index (χ0) is 16.4. The minimum Gasteiger partial charge on any atom is -0.390 e. The summed E-state index contributed by atoms with van der Waals surface area (Å²) < 4.78 is 24.3. The standard InChI is InChI=1S/C15H14N4O3S/c1-23(21,22)13-4-2-3-12(14(13)15-17-9-18-19-15)10-5-6-16-11(7-10)8-20/h2-7,20H,8-9H2,1H3. The predicted molar refractivity (Wildman–Crippen MR) is 85.0 cm³/mol. The Hall–Kier alpha value is -2.45. The highest BCUT2D eigenvalue weighted by Crippen LogP contribution is 2.31. The van der Waals surface area contributed by atoms with Gasteiger partial charge in [-0.15, -0.1) is 5.11 Å². The molecule has 118 valence electrons.